The van der Waals surface area contributed by atoms with E-state index in [0.29, 0.717) is 31.0 Å². The van der Waals surface area contributed by atoms with E-state index in [4.69, 9.17) is 14.6 Å². The minimum atomic E-state index is -3.58. The van der Waals surface area contributed by atoms with Gasteiger partial charge in [-0.1, -0.05) is 18.2 Å². The Morgan fingerprint density at radius 2 is 1.90 bits per heavy atom. The van der Waals surface area contributed by atoms with Crippen LogP contribution < -0.4 is 19.5 Å². The standard InChI is InChI=1S/C20H22N4O4S/c1-27-18-8-16-17(9-19(18)28-2)22-12-23-20(16)24-7-6-15-13(10-24)4-3-5-14(15)11-29(21,25)26/h3-5,8-9,12H,6-7,10-11H2,1-2H3,(H2,21,25,26). The highest BCUT2D eigenvalue weighted by Crippen LogP contribution is 2.36. The lowest BCUT2D eigenvalue weighted by Crippen LogP contribution is -2.32. The summed E-state index contributed by atoms with van der Waals surface area (Å²) in [7, 11) is -0.395. The summed E-state index contributed by atoms with van der Waals surface area (Å²) in [4.78, 5) is 11.0. The molecule has 0 radical (unpaired) electrons. The molecule has 152 valence electrons. The Balaban J connectivity index is 1.73. The quantitative estimate of drug-likeness (QED) is 0.680. The van der Waals surface area contributed by atoms with Gasteiger partial charge in [0.15, 0.2) is 11.5 Å². The molecule has 2 aromatic carbocycles. The van der Waals surface area contributed by atoms with Gasteiger partial charge in [-0.15, -0.1) is 0 Å². The third kappa shape index (κ3) is 3.83. The number of rotatable bonds is 5. The molecule has 4 rings (SSSR count). The number of methoxy groups -OCH3 is 2. The molecule has 0 spiro atoms. The van der Waals surface area contributed by atoms with Crippen LogP contribution in [0.4, 0.5) is 5.82 Å². The lowest BCUT2D eigenvalue weighted by Gasteiger charge is -2.31. The first-order valence-corrected chi connectivity index (χ1v) is 10.8. The Morgan fingerprint density at radius 1 is 1.14 bits per heavy atom. The maximum absolute atomic E-state index is 11.6. The van der Waals surface area contributed by atoms with E-state index in [-0.39, 0.29) is 5.75 Å². The predicted octanol–water partition coefficient (Wildman–Crippen LogP) is 2.00. The number of anilines is 1. The van der Waals surface area contributed by atoms with Gasteiger partial charge in [-0.3, -0.25) is 0 Å². The molecule has 9 heteroatoms. The summed E-state index contributed by atoms with van der Waals surface area (Å²) in [5.41, 5.74) is 3.66. The Bertz CT molecular complexity index is 1180. The van der Waals surface area contributed by atoms with Crippen LogP contribution in [-0.2, 0) is 28.7 Å². The van der Waals surface area contributed by atoms with E-state index >= 15 is 0 Å². The second-order valence-corrected chi connectivity index (χ2v) is 8.57. The molecule has 0 aliphatic carbocycles. The number of nitrogens with two attached hydrogens (primary N) is 1. The Hall–Kier alpha value is -2.91. The molecule has 29 heavy (non-hydrogen) atoms. The topological polar surface area (TPSA) is 108 Å². The summed E-state index contributed by atoms with van der Waals surface area (Å²) in [5, 5.41) is 6.12. The zero-order chi connectivity index (χ0) is 20.6. The summed E-state index contributed by atoms with van der Waals surface area (Å²) in [5.74, 6) is 1.88. The molecule has 0 amide bonds. The molecule has 0 bridgehead atoms. The second kappa shape index (κ2) is 7.49. The van der Waals surface area contributed by atoms with E-state index in [1.54, 1.807) is 14.2 Å². The SMILES string of the molecule is COc1cc2ncnc(N3CCc4c(cccc4CS(N)(=O)=O)C3)c2cc1OC. The zero-order valence-electron chi connectivity index (χ0n) is 16.3. The predicted molar refractivity (Wildman–Crippen MR) is 111 cm³/mol. The fourth-order valence-electron chi connectivity index (χ4n) is 3.84. The van der Waals surface area contributed by atoms with Gasteiger partial charge in [0.1, 0.15) is 12.1 Å². The van der Waals surface area contributed by atoms with Crippen molar-refractivity contribution in [2.75, 3.05) is 25.7 Å². The van der Waals surface area contributed by atoms with Gasteiger partial charge in [0.05, 0.1) is 25.5 Å². The van der Waals surface area contributed by atoms with Crippen LogP contribution in [0.1, 0.15) is 16.7 Å². The number of sulfonamides is 1. The largest absolute Gasteiger partial charge is 0.493 e. The summed E-state index contributed by atoms with van der Waals surface area (Å²) in [6, 6.07) is 9.43. The molecular formula is C20H22N4O4S. The van der Waals surface area contributed by atoms with Crippen LogP contribution in [0, 0.1) is 0 Å². The molecule has 0 saturated heterocycles. The first-order valence-electron chi connectivity index (χ1n) is 9.11. The van der Waals surface area contributed by atoms with Crippen molar-refractivity contribution in [2.45, 2.75) is 18.7 Å². The maximum atomic E-state index is 11.6. The van der Waals surface area contributed by atoms with Gasteiger partial charge in [0.2, 0.25) is 10.0 Å². The molecule has 8 nitrogen and oxygen atoms in total. The third-order valence-corrected chi connectivity index (χ3v) is 5.85. The van der Waals surface area contributed by atoms with E-state index in [9.17, 15) is 8.42 Å². The van der Waals surface area contributed by atoms with E-state index < -0.39 is 10.0 Å². The van der Waals surface area contributed by atoms with Crippen molar-refractivity contribution < 1.29 is 17.9 Å². The van der Waals surface area contributed by atoms with E-state index in [2.05, 4.69) is 14.9 Å². The first kappa shape index (κ1) is 19.4. The Morgan fingerprint density at radius 3 is 2.62 bits per heavy atom. The van der Waals surface area contributed by atoms with Crippen LogP contribution in [0.25, 0.3) is 10.9 Å². The van der Waals surface area contributed by atoms with Gasteiger partial charge in [-0.05, 0) is 29.2 Å². The molecule has 2 N–H and O–H groups in total. The van der Waals surface area contributed by atoms with Gasteiger partial charge in [-0.25, -0.2) is 23.5 Å². The minimum absolute atomic E-state index is 0.149. The fourth-order valence-corrected chi connectivity index (χ4v) is 4.55. The van der Waals surface area contributed by atoms with E-state index in [1.165, 1.54) is 6.33 Å². The number of fused-ring (bicyclic) bond motifs is 2. The fraction of sp³-hybridized carbons (Fsp3) is 0.300. The van der Waals surface area contributed by atoms with Gasteiger partial charge >= 0.3 is 0 Å². The maximum Gasteiger partial charge on any atom is 0.213 e. The average molecular weight is 414 g/mol. The zero-order valence-corrected chi connectivity index (χ0v) is 17.1. The summed E-state index contributed by atoms with van der Waals surface area (Å²) < 4.78 is 33.9. The van der Waals surface area contributed by atoms with Crippen LogP contribution in [0.2, 0.25) is 0 Å². The number of benzene rings is 2. The molecule has 1 aromatic heterocycles. The number of aromatic nitrogens is 2. The highest BCUT2D eigenvalue weighted by molar-refractivity contribution is 7.88. The van der Waals surface area contributed by atoms with Crippen molar-refractivity contribution in [3.05, 3.63) is 53.3 Å². The van der Waals surface area contributed by atoms with Crippen LogP contribution >= 0.6 is 0 Å². The number of hydrogen-bond donors (Lipinski definition) is 1. The Kier molecular flexibility index (Phi) is 5.01. The van der Waals surface area contributed by atoms with E-state index in [0.717, 1.165) is 33.4 Å². The van der Waals surface area contributed by atoms with Crippen molar-refractivity contribution in [3.63, 3.8) is 0 Å². The first-order chi connectivity index (χ1) is 13.9. The van der Waals surface area contributed by atoms with Crippen LogP contribution in [0.3, 0.4) is 0 Å². The van der Waals surface area contributed by atoms with Gasteiger partial charge in [-0.2, -0.15) is 0 Å². The van der Waals surface area contributed by atoms with Crippen molar-refractivity contribution in [1.82, 2.24) is 9.97 Å². The number of primary sulfonamides is 1. The molecule has 0 saturated carbocycles. The van der Waals surface area contributed by atoms with Gasteiger partial charge < -0.3 is 14.4 Å². The third-order valence-electron chi connectivity index (χ3n) is 5.14. The van der Waals surface area contributed by atoms with Gasteiger partial charge in [0.25, 0.3) is 0 Å². The van der Waals surface area contributed by atoms with Crippen molar-refractivity contribution in [2.24, 2.45) is 5.14 Å². The van der Waals surface area contributed by atoms with Crippen LogP contribution in [-0.4, -0.2) is 39.2 Å². The molecule has 0 unspecified atom stereocenters. The van der Waals surface area contributed by atoms with Crippen molar-refractivity contribution in [3.8, 4) is 11.5 Å². The average Bonchev–Trinajstić information content (AvgIpc) is 2.71. The van der Waals surface area contributed by atoms with Crippen LogP contribution in [0.5, 0.6) is 11.5 Å². The molecule has 1 aliphatic heterocycles. The van der Waals surface area contributed by atoms with Crippen molar-refractivity contribution >= 4 is 26.7 Å². The molecule has 1 aliphatic rings. The number of nitrogens with zero attached hydrogens (tertiary/aromatic N) is 3. The minimum Gasteiger partial charge on any atom is -0.493 e. The highest BCUT2D eigenvalue weighted by atomic mass is 32.2. The van der Waals surface area contributed by atoms with E-state index in [1.807, 2.05) is 30.3 Å². The summed E-state index contributed by atoms with van der Waals surface area (Å²) in [6.45, 7) is 1.32. The van der Waals surface area contributed by atoms with Crippen LogP contribution in [0.15, 0.2) is 36.7 Å². The monoisotopic (exact) mass is 414 g/mol. The molecule has 3 aromatic rings. The lowest BCUT2D eigenvalue weighted by molar-refractivity contribution is 0.356. The summed E-state index contributed by atoms with van der Waals surface area (Å²) >= 11 is 0. The molecular weight excluding hydrogens is 392 g/mol. The highest BCUT2D eigenvalue weighted by Gasteiger charge is 2.23. The molecule has 0 atom stereocenters. The second-order valence-electron chi connectivity index (χ2n) is 6.96. The van der Waals surface area contributed by atoms with Crippen molar-refractivity contribution in [1.29, 1.82) is 0 Å². The summed E-state index contributed by atoms with van der Waals surface area (Å²) in [6.07, 6.45) is 2.25. The lowest BCUT2D eigenvalue weighted by atomic mass is 9.95. The normalized spacial score (nSPS) is 14.0. The number of ether oxygens (including phenoxy) is 2. The Labute approximate surface area is 169 Å². The smallest absolute Gasteiger partial charge is 0.213 e. The number of hydrogen-bond acceptors (Lipinski definition) is 7. The van der Waals surface area contributed by atoms with Gasteiger partial charge in [0, 0.05) is 24.5 Å². The molecule has 0 fully saturated rings. The molecule has 2 heterocycles.